The number of hydrogen-bond acceptors (Lipinski definition) is 3. The summed E-state index contributed by atoms with van der Waals surface area (Å²) in [5.74, 6) is 0.738. The fraction of sp³-hybridized carbons (Fsp3) is 1.00. The predicted octanol–water partition coefficient (Wildman–Crippen LogP) is 0.835. The molecule has 2 heterocycles. The van der Waals surface area contributed by atoms with E-state index in [1.165, 1.54) is 25.8 Å². The van der Waals surface area contributed by atoms with Crippen LogP contribution < -0.4 is 5.73 Å². The van der Waals surface area contributed by atoms with Gasteiger partial charge in [0.25, 0.3) is 0 Å². The van der Waals surface area contributed by atoms with Crippen LogP contribution in [0.3, 0.4) is 0 Å². The Labute approximate surface area is 86.6 Å². The van der Waals surface area contributed by atoms with Crippen LogP contribution in [0.1, 0.15) is 26.2 Å². The van der Waals surface area contributed by atoms with E-state index in [1.54, 1.807) is 0 Å². The van der Waals surface area contributed by atoms with Crippen molar-refractivity contribution < 1.29 is 4.74 Å². The molecule has 2 fully saturated rings. The first kappa shape index (κ1) is 10.4. The van der Waals surface area contributed by atoms with Crippen LogP contribution in [0.5, 0.6) is 0 Å². The number of hydrogen-bond donors (Lipinski definition) is 1. The fourth-order valence-corrected chi connectivity index (χ4v) is 2.85. The SMILES string of the molecule is CC(C1CCOC1)N1CCCC1CN. The first-order valence-electron chi connectivity index (χ1n) is 5.86. The van der Waals surface area contributed by atoms with Crippen LogP contribution in [0.4, 0.5) is 0 Å². The number of likely N-dealkylation sites (tertiary alicyclic amines) is 1. The lowest BCUT2D eigenvalue weighted by Crippen LogP contribution is -2.45. The lowest BCUT2D eigenvalue weighted by molar-refractivity contribution is 0.120. The zero-order chi connectivity index (χ0) is 9.97. The zero-order valence-corrected chi connectivity index (χ0v) is 9.11. The van der Waals surface area contributed by atoms with E-state index in [4.69, 9.17) is 10.5 Å². The maximum Gasteiger partial charge on any atom is 0.0509 e. The average molecular weight is 198 g/mol. The second kappa shape index (κ2) is 4.60. The highest BCUT2D eigenvalue weighted by molar-refractivity contribution is 4.87. The molecule has 2 saturated heterocycles. The van der Waals surface area contributed by atoms with Gasteiger partial charge in [-0.3, -0.25) is 4.90 Å². The topological polar surface area (TPSA) is 38.5 Å². The molecule has 2 rings (SSSR count). The van der Waals surface area contributed by atoms with Crippen molar-refractivity contribution in [3.05, 3.63) is 0 Å². The van der Waals surface area contributed by atoms with Crippen molar-refractivity contribution in [1.82, 2.24) is 4.90 Å². The van der Waals surface area contributed by atoms with Crippen LogP contribution in [0, 0.1) is 5.92 Å². The summed E-state index contributed by atoms with van der Waals surface area (Å²) in [6.07, 6.45) is 3.84. The summed E-state index contributed by atoms with van der Waals surface area (Å²) in [7, 11) is 0. The molecule has 2 aliphatic heterocycles. The standard InChI is InChI=1S/C11H22N2O/c1-9(10-4-6-14-8-10)13-5-2-3-11(13)7-12/h9-11H,2-8,12H2,1H3. The summed E-state index contributed by atoms with van der Waals surface area (Å²) in [4.78, 5) is 2.60. The summed E-state index contributed by atoms with van der Waals surface area (Å²) in [6.45, 7) is 6.30. The van der Waals surface area contributed by atoms with Crippen LogP contribution in [0.25, 0.3) is 0 Å². The second-order valence-electron chi connectivity index (χ2n) is 4.63. The van der Waals surface area contributed by atoms with Crippen molar-refractivity contribution in [2.45, 2.75) is 38.3 Å². The first-order chi connectivity index (χ1) is 6.83. The highest BCUT2D eigenvalue weighted by Gasteiger charge is 2.33. The molecule has 3 atom stereocenters. The van der Waals surface area contributed by atoms with Crippen molar-refractivity contribution in [1.29, 1.82) is 0 Å². The average Bonchev–Trinajstić information content (AvgIpc) is 2.87. The Morgan fingerprint density at radius 2 is 2.36 bits per heavy atom. The molecule has 2 N–H and O–H groups in total. The normalized spacial score (nSPS) is 36.4. The summed E-state index contributed by atoms with van der Waals surface area (Å²) in [5.41, 5.74) is 5.79. The maximum absolute atomic E-state index is 5.79. The smallest absolute Gasteiger partial charge is 0.0509 e. The van der Waals surface area contributed by atoms with Gasteiger partial charge < -0.3 is 10.5 Å². The van der Waals surface area contributed by atoms with Gasteiger partial charge in [0.2, 0.25) is 0 Å². The van der Waals surface area contributed by atoms with Gasteiger partial charge in [-0.2, -0.15) is 0 Å². The van der Waals surface area contributed by atoms with E-state index in [9.17, 15) is 0 Å². The highest BCUT2D eigenvalue weighted by Crippen LogP contribution is 2.27. The van der Waals surface area contributed by atoms with Crippen LogP contribution in [0.15, 0.2) is 0 Å². The molecule has 0 saturated carbocycles. The minimum atomic E-state index is 0.630. The van der Waals surface area contributed by atoms with Crippen molar-refractivity contribution >= 4 is 0 Å². The van der Waals surface area contributed by atoms with Gasteiger partial charge in [-0.05, 0) is 38.6 Å². The summed E-state index contributed by atoms with van der Waals surface area (Å²) >= 11 is 0. The molecule has 0 aliphatic carbocycles. The largest absolute Gasteiger partial charge is 0.381 e. The molecule has 0 aromatic rings. The molecule has 0 radical (unpaired) electrons. The van der Waals surface area contributed by atoms with Gasteiger partial charge in [-0.15, -0.1) is 0 Å². The minimum absolute atomic E-state index is 0.630. The van der Waals surface area contributed by atoms with Crippen LogP contribution in [-0.2, 0) is 4.74 Å². The van der Waals surface area contributed by atoms with E-state index in [1.807, 2.05) is 0 Å². The Kier molecular flexibility index (Phi) is 3.42. The number of nitrogens with two attached hydrogens (primary N) is 1. The van der Waals surface area contributed by atoms with E-state index in [0.717, 1.165) is 25.7 Å². The van der Waals surface area contributed by atoms with Gasteiger partial charge in [0.05, 0.1) is 6.61 Å². The second-order valence-corrected chi connectivity index (χ2v) is 4.63. The zero-order valence-electron chi connectivity index (χ0n) is 9.11. The summed E-state index contributed by atoms with van der Waals surface area (Å²) in [5, 5.41) is 0. The molecular formula is C11H22N2O. The van der Waals surface area contributed by atoms with Gasteiger partial charge in [0, 0.05) is 25.2 Å². The van der Waals surface area contributed by atoms with Crippen molar-refractivity contribution in [2.75, 3.05) is 26.3 Å². The minimum Gasteiger partial charge on any atom is -0.381 e. The molecular weight excluding hydrogens is 176 g/mol. The number of nitrogens with zero attached hydrogens (tertiary/aromatic N) is 1. The van der Waals surface area contributed by atoms with Crippen molar-refractivity contribution in [3.8, 4) is 0 Å². The Balaban J connectivity index is 1.92. The fourth-order valence-electron chi connectivity index (χ4n) is 2.85. The Hall–Kier alpha value is -0.120. The number of rotatable bonds is 3. The Bertz CT molecular complexity index is 180. The van der Waals surface area contributed by atoms with Gasteiger partial charge in [-0.25, -0.2) is 0 Å². The molecule has 2 aliphatic rings. The first-order valence-corrected chi connectivity index (χ1v) is 5.86. The van der Waals surface area contributed by atoms with E-state index < -0.39 is 0 Å². The third kappa shape index (κ3) is 1.95. The van der Waals surface area contributed by atoms with Crippen LogP contribution in [-0.4, -0.2) is 43.3 Å². The molecule has 82 valence electrons. The van der Waals surface area contributed by atoms with Gasteiger partial charge in [0.1, 0.15) is 0 Å². The number of ether oxygens (including phenoxy) is 1. The quantitative estimate of drug-likeness (QED) is 0.730. The molecule has 3 nitrogen and oxygen atoms in total. The lowest BCUT2D eigenvalue weighted by Gasteiger charge is -2.33. The molecule has 3 heteroatoms. The predicted molar refractivity (Wildman–Crippen MR) is 57.2 cm³/mol. The highest BCUT2D eigenvalue weighted by atomic mass is 16.5. The third-order valence-corrected chi connectivity index (χ3v) is 3.87. The van der Waals surface area contributed by atoms with E-state index in [2.05, 4.69) is 11.8 Å². The summed E-state index contributed by atoms with van der Waals surface area (Å²) in [6, 6.07) is 1.29. The van der Waals surface area contributed by atoms with Gasteiger partial charge >= 0.3 is 0 Å². The van der Waals surface area contributed by atoms with Gasteiger partial charge in [-0.1, -0.05) is 0 Å². The molecule has 0 spiro atoms. The van der Waals surface area contributed by atoms with Crippen LogP contribution in [0.2, 0.25) is 0 Å². The van der Waals surface area contributed by atoms with E-state index >= 15 is 0 Å². The summed E-state index contributed by atoms with van der Waals surface area (Å²) < 4.78 is 5.45. The third-order valence-electron chi connectivity index (χ3n) is 3.87. The maximum atomic E-state index is 5.79. The molecule has 3 unspecified atom stereocenters. The molecule has 0 aromatic carbocycles. The molecule has 14 heavy (non-hydrogen) atoms. The monoisotopic (exact) mass is 198 g/mol. The van der Waals surface area contributed by atoms with Crippen molar-refractivity contribution in [3.63, 3.8) is 0 Å². The Morgan fingerprint density at radius 3 is 3.00 bits per heavy atom. The van der Waals surface area contributed by atoms with Crippen molar-refractivity contribution in [2.24, 2.45) is 11.7 Å². The van der Waals surface area contributed by atoms with Gasteiger partial charge in [0.15, 0.2) is 0 Å². The molecule has 0 amide bonds. The Morgan fingerprint density at radius 1 is 1.50 bits per heavy atom. The molecule has 0 aromatic heterocycles. The van der Waals surface area contributed by atoms with E-state index in [-0.39, 0.29) is 0 Å². The van der Waals surface area contributed by atoms with Crippen LogP contribution >= 0.6 is 0 Å². The lowest BCUT2D eigenvalue weighted by atomic mass is 9.98. The molecule has 0 bridgehead atoms. The van der Waals surface area contributed by atoms with E-state index in [0.29, 0.717) is 12.1 Å².